The molecule has 0 atom stereocenters. The number of benzene rings is 2. The third kappa shape index (κ3) is 2.15. The van der Waals surface area contributed by atoms with Gasteiger partial charge in [0.15, 0.2) is 0 Å². The highest BCUT2D eigenvalue weighted by Crippen LogP contribution is 2.24. The van der Waals surface area contributed by atoms with Crippen LogP contribution in [0.2, 0.25) is 5.02 Å². The molecule has 0 aromatic heterocycles. The van der Waals surface area contributed by atoms with E-state index in [9.17, 15) is 4.79 Å². The Hall–Kier alpha value is -1.60. The lowest BCUT2D eigenvalue weighted by atomic mass is 10.0. The molecule has 0 aliphatic carbocycles. The van der Waals surface area contributed by atoms with Gasteiger partial charge in [-0.3, -0.25) is 4.79 Å². The molecule has 0 saturated carbocycles. The Bertz CT molecular complexity index is 515. The fraction of sp³-hybridized carbons (Fsp3) is 0.0714. The van der Waals surface area contributed by atoms with Gasteiger partial charge in [0.05, 0.1) is 0 Å². The van der Waals surface area contributed by atoms with Crippen molar-refractivity contribution in [3.05, 3.63) is 58.6 Å². The first kappa shape index (κ1) is 10.9. The largest absolute Gasteiger partial charge is 0.285 e. The van der Waals surface area contributed by atoms with Crippen LogP contribution in [0.1, 0.15) is 11.1 Å². The summed E-state index contributed by atoms with van der Waals surface area (Å²) in [6.45, 7) is 1.97. The van der Waals surface area contributed by atoms with E-state index in [2.05, 4.69) is 0 Å². The predicted molar refractivity (Wildman–Crippen MR) is 66.4 cm³/mol. The lowest BCUT2D eigenvalue weighted by Gasteiger charge is -2.04. The maximum Gasteiger partial charge on any atom is 0.233 e. The minimum Gasteiger partial charge on any atom is -0.285 e. The van der Waals surface area contributed by atoms with Gasteiger partial charge >= 0.3 is 0 Å². The molecule has 0 unspecified atom stereocenters. The highest BCUT2D eigenvalue weighted by molar-refractivity contribution is 6.31. The van der Waals surface area contributed by atoms with Crippen molar-refractivity contribution in [3.63, 3.8) is 0 Å². The van der Waals surface area contributed by atoms with Crippen LogP contribution >= 0.6 is 11.6 Å². The molecule has 16 heavy (non-hydrogen) atoms. The molecule has 1 nitrogen and oxygen atoms in total. The highest BCUT2D eigenvalue weighted by Gasteiger charge is 2.00. The molecular weight excluding hydrogens is 220 g/mol. The van der Waals surface area contributed by atoms with Crippen molar-refractivity contribution in [2.75, 3.05) is 0 Å². The minimum absolute atomic E-state index is 0.564. The van der Waals surface area contributed by atoms with E-state index in [1.165, 1.54) is 0 Å². The van der Waals surface area contributed by atoms with Gasteiger partial charge < -0.3 is 0 Å². The van der Waals surface area contributed by atoms with Crippen molar-refractivity contribution in [1.29, 1.82) is 0 Å². The molecule has 0 N–H and O–H groups in total. The molecule has 1 radical (unpaired) electrons. The number of rotatable bonds is 2. The first-order valence-electron chi connectivity index (χ1n) is 4.95. The van der Waals surface area contributed by atoms with Crippen LogP contribution in [0.25, 0.3) is 11.1 Å². The van der Waals surface area contributed by atoms with Crippen molar-refractivity contribution in [2.24, 2.45) is 0 Å². The zero-order chi connectivity index (χ0) is 11.5. The number of hydrogen-bond donors (Lipinski definition) is 0. The zero-order valence-corrected chi connectivity index (χ0v) is 9.58. The monoisotopic (exact) mass is 229 g/mol. The second-order valence-electron chi connectivity index (χ2n) is 3.64. The Morgan fingerprint density at radius 3 is 2.19 bits per heavy atom. The molecule has 0 saturated heterocycles. The van der Waals surface area contributed by atoms with E-state index in [1.807, 2.05) is 43.5 Å². The number of carbonyl (C=O) groups excluding carboxylic acids is 1. The fourth-order valence-electron chi connectivity index (χ4n) is 1.55. The molecule has 2 aromatic rings. The zero-order valence-electron chi connectivity index (χ0n) is 8.83. The van der Waals surface area contributed by atoms with E-state index in [1.54, 1.807) is 12.1 Å². The van der Waals surface area contributed by atoms with Gasteiger partial charge in [0.25, 0.3) is 0 Å². The van der Waals surface area contributed by atoms with Gasteiger partial charge in [-0.1, -0.05) is 41.9 Å². The summed E-state index contributed by atoms with van der Waals surface area (Å²) < 4.78 is 0. The lowest BCUT2D eigenvalue weighted by Crippen LogP contribution is -1.83. The summed E-state index contributed by atoms with van der Waals surface area (Å²) in [5, 5.41) is 0.765. The molecule has 2 heteroatoms. The van der Waals surface area contributed by atoms with E-state index in [-0.39, 0.29) is 0 Å². The van der Waals surface area contributed by atoms with Gasteiger partial charge in [-0.25, -0.2) is 0 Å². The second kappa shape index (κ2) is 4.50. The molecule has 0 aliphatic rings. The molecule has 0 bridgehead atoms. The fourth-order valence-corrected chi connectivity index (χ4v) is 1.67. The summed E-state index contributed by atoms with van der Waals surface area (Å²) in [4.78, 5) is 10.4. The van der Waals surface area contributed by atoms with Crippen LogP contribution in [0, 0.1) is 6.92 Å². The smallest absolute Gasteiger partial charge is 0.233 e. The average Bonchev–Trinajstić information content (AvgIpc) is 2.33. The average molecular weight is 230 g/mol. The third-order valence-corrected chi connectivity index (χ3v) is 2.92. The van der Waals surface area contributed by atoms with E-state index in [0.29, 0.717) is 5.56 Å². The van der Waals surface area contributed by atoms with Gasteiger partial charge in [-0.15, -0.1) is 0 Å². The Morgan fingerprint density at radius 2 is 1.62 bits per heavy atom. The Morgan fingerprint density at radius 1 is 1.00 bits per heavy atom. The van der Waals surface area contributed by atoms with E-state index >= 15 is 0 Å². The van der Waals surface area contributed by atoms with Crippen LogP contribution in [0.4, 0.5) is 0 Å². The molecule has 2 rings (SSSR count). The minimum atomic E-state index is 0.564. The molecule has 0 heterocycles. The quantitative estimate of drug-likeness (QED) is 0.766. The summed E-state index contributed by atoms with van der Waals surface area (Å²) >= 11 is 5.96. The maximum atomic E-state index is 10.4. The van der Waals surface area contributed by atoms with Crippen molar-refractivity contribution in [3.8, 4) is 11.1 Å². The van der Waals surface area contributed by atoms with Crippen LogP contribution in [-0.4, -0.2) is 6.29 Å². The van der Waals surface area contributed by atoms with E-state index in [0.717, 1.165) is 21.7 Å². The van der Waals surface area contributed by atoms with E-state index in [4.69, 9.17) is 11.6 Å². The Labute approximate surface area is 99.7 Å². The molecule has 0 fully saturated rings. The third-order valence-electron chi connectivity index (χ3n) is 2.49. The first-order valence-corrected chi connectivity index (χ1v) is 5.33. The number of aryl methyl sites for hydroxylation is 1. The van der Waals surface area contributed by atoms with Crippen molar-refractivity contribution >= 4 is 17.9 Å². The highest BCUT2D eigenvalue weighted by atomic mass is 35.5. The number of hydrogen-bond acceptors (Lipinski definition) is 1. The van der Waals surface area contributed by atoms with Gasteiger partial charge in [0.2, 0.25) is 6.29 Å². The maximum absolute atomic E-state index is 10.4. The molecular formula is C14H10ClO. The molecule has 0 aliphatic heterocycles. The molecule has 79 valence electrons. The van der Waals surface area contributed by atoms with Gasteiger partial charge in [-0.05, 0) is 35.7 Å². The van der Waals surface area contributed by atoms with Crippen molar-refractivity contribution in [2.45, 2.75) is 6.92 Å². The van der Waals surface area contributed by atoms with E-state index < -0.39 is 0 Å². The Balaban J connectivity index is 2.42. The summed E-state index contributed by atoms with van der Waals surface area (Å²) in [6.07, 6.45) is 1.86. The second-order valence-corrected chi connectivity index (χ2v) is 4.05. The van der Waals surface area contributed by atoms with Crippen LogP contribution in [0.15, 0.2) is 42.5 Å². The van der Waals surface area contributed by atoms with Gasteiger partial charge in [-0.2, -0.15) is 0 Å². The van der Waals surface area contributed by atoms with Gasteiger partial charge in [0, 0.05) is 10.6 Å². The van der Waals surface area contributed by atoms with Crippen LogP contribution in [0.5, 0.6) is 0 Å². The SMILES string of the molecule is Cc1cc(-c2ccc([C]=O)cc2)ccc1Cl. The van der Waals surface area contributed by atoms with Crippen LogP contribution in [0.3, 0.4) is 0 Å². The van der Waals surface area contributed by atoms with Crippen LogP contribution < -0.4 is 0 Å². The normalized spacial score (nSPS) is 10.1. The molecule has 2 aromatic carbocycles. The van der Waals surface area contributed by atoms with Crippen LogP contribution in [-0.2, 0) is 4.79 Å². The number of halogens is 1. The topological polar surface area (TPSA) is 17.1 Å². The standard InChI is InChI=1S/C14H10ClO/c1-10-8-13(6-7-14(10)15)12-4-2-11(9-16)3-5-12/h2-8H,1H3. The Kier molecular flexibility index (Phi) is 3.07. The molecule has 0 spiro atoms. The summed E-state index contributed by atoms with van der Waals surface area (Å²) in [7, 11) is 0. The molecule has 0 amide bonds. The van der Waals surface area contributed by atoms with Crippen molar-refractivity contribution < 1.29 is 4.79 Å². The summed E-state index contributed by atoms with van der Waals surface area (Å²) in [5.41, 5.74) is 3.78. The van der Waals surface area contributed by atoms with Gasteiger partial charge in [0.1, 0.15) is 0 Å². The summed E-state index contributed by atoms with van der Waals surface area (Å²) in [6, 6.07) is 13.2. The first-order chi connectivity index (χ1) is 7.70. The van der Waals surface area contributed by atoms with Crippen molar-refractivity contribution in [1.82, 2.24) is 0 Å². The lowest BCUT2D eigenvalue weighted by molar-refractivity contribution is 0.563. The summed E-state index contributed by atoms with van der Waals surface area (Å²) in [5.74, 6) is 0. The predicted octanol–water partition coefficient (Wildman–Crippen LogP) is 3.77.